The largest absolute Gasteiger partial charge is 0.508 e. The van der Waals surface area contributed by atoms with Crippen molar-refractivity contribution in [1.82, 2.24) is 9.88 Å². The van der Waals surface area contributed by atoms with Crippen molar-refractivity contribution in [3.8, 4) is 5.75 Å². The molecule has 2 aromatic rings. The summed E-state index contributed by atoms with van der Waals surface area (Å²) >= 11 is 0. The second-order valence-corrected chi connectivity index (χ2v) is 4.30. The molecule has 7 nitrogen and oxygen atoms in total. The first-order chi connectivity index (χ1) is 9.47. The Kier molecular flexibility index (Phi) is 3.69. The van der Waals surface area contributed by atoms with E-state index in [1.165, 1.54) is 29.0 Å². The van der Waals surface area contributed by atoms with Gasteiger partial charge in [-0.15, -0.1) is 0 Å². The van der Waals surface area contributed by atoms with Gasteiger partial charge in [0.1, 0.15) is 11.4 Å². The molecule has 0 radical (unpaired) electrons. The number of carbonyl (C=O) groups excluding carboxylic acids is 1. The van der Waals surface area contributed by atoms with Crippen molar-refractivity contribution in [3.05, 3.63) is 57.9 Å². The fraction of sp³-hybridized carbons (Fsp3) is 0.154. The molecular formula is C13H13N3O4. The maximum atomic E-state index is 11.9. The lowest BCUT2D eigenvalue weighted by Crippen LogP contribution is -2.24. The number of phenols is 1. The summed E-state index contributed by atoms with van der Waals surface area (Å²) in [6.45, 7) is 0.276. The maximum absolute atomic E-state index is 11.9. The molecule has 0 aliphatic rings. The SMILES string of the molecule is Cn1cc([N+](=O)[O-])cc1C(=O)NCc1ccc(O)cc1. The summed E-state index contributed by atoms with van der Waals surface area (Å²) in [5, 5.41) is 22.4. The van der Waals surface area contributed by atoms with Crippen LogP contribution in [0.25, 0.3) is 0 Å². The Morgan fingerprint density at radius 1 is 1.40 bits per heavy atom. The first-order valence-electron chi connectivity index (χ1n) is 5.84. The summed E-state index contributed by atoms with van der Waals surface area (Å²) in [6, 6.07) is 7.64. The van der Waals surface area contributed by atoms with E-state index < -0.39 is 10.8 Å². The van der Waals surface area contributed by atoms with Crippen LogP contribution in [0.4, 0.5) is 5.69 Å². The van der Waals surface area contributed by atoms with Gasteiger partial charge in [-0.05, 0) is 17.7 Å². The van der Waals surface area contributed by atoms with Gasteiger partial charge in [0.05, 0.1) is 11.1 Å². The zero-order valence-corrected chi connectivity index (χ0v) is 10.7. The summed E-state index contributed by atoms with van der Waals surface area (Å²) < 4.78 is 1.41. The van der Waals surface area contributed by atoms with Crippen LogP contribution in [0.2, 0.25) is 0 Å². The molecule has 2 rings (SSSR count). The number of carbonyl (C=O) groups is 1. The molecule has 2 N–H and O–H groups in total. The lowest BCUT2D eigenvalue weighted by molar-refractivity contribution is -0.384. The molecule has 104 valence electrons. The van der Waals surface area contributed by atoms with E-state index in [0.29, 0.717) is 0 Å². The third-order valence-electron chi connectivity index (χ3n) is 2.82. The van der Waals surface area contributed by atoms with Crippen LogP contribution in [0.15, 0.2) is 36.5 Å². The lowest BCUT2D eigenvalue weighted by atomic mass is 10.2. The van der Waals surface area contributed by atoms with E-state index in [4.69, 9.17) is 5.11 Å². The van der Waals surface area contributed by atoms with E-state index in [-0.39, 0.29) is 23.7 Å². The maximum Gasteiger partial charge on any atom is 0.287 e. The Balaban J connectivity index is 2.05. The molecule has 0 bridgehead atoms. The van der Waals surface area contributed by atoms with E-state index >= 15 is 0 Å². The zero-order valence-electron chi connectivity index (χ0n) is 10.7. The molecule has 0 fully saturated rings. The van der Waals surface area contributed by atoms with Gasteiger partial charge in [0, 0.05) is 19.7 Å². The first kappa shape index (κ1) is 13.6. The Morgan fingerprint density at radius 2 is 2.05 bits per heavy atom. The fourth-order valence-corrected chi connectivity index (χ4v) is 1.76. The standard InChI is InChI=1S/C13H13N3O4/c1-15-8-10(16(19)20)6-12(15)13(18)14-7-9-2-4-11(17)5-3-9/h2-6,8,17H,7H2,1H3,(H,14,18). The molecule has 1 amide bonds. The monoisotopic (exact) mass is 275 g/mol. The number of nitrogens with zero attached hydrogens (tertiary/aromatic N) is 2. The highest BCUT2D eigenvalue weighted by Gasteiger charge is 2.17. The molecule has 1 heterocycles. The number of aromatic nitrogens is 1. The van der Waals surface area contributed by atoms with E-state index in [1.54, 1.807) is 19.2 Å². The number of nitrogens with one attached hydrogen (secondary N) is 1. The fourth-order valence-electron chi connectivity index (χ4n) is 1.76. The number of hydrogen-bond acceptors (Lipinski definition) is 4. The van der Waals surface area contributed by atoms with E-state index in [9.17, 15) is 14.9 Å². The highest BCUT2D eigenvalue weighted by molar-refractivity contribution is 5.93. The number of aromatic hydroxyl groups is 1. The minimum atomic E-state index is -0.545. The van der Waals surface area contributed by atoms with E-state index in [0.717, 1.165) is 5.56 Å². The Hall–Kier alpha value is -2.83. The molecule has 0 atom stereocenters. The summed E-state index contributed by atoms with van der Waals surface area (Å²) in [7, 11) is 1.57. The van der Waals surface area contributed by atoms with Crippen LogP contribution < -0.4 is 5.32 Å². The van der Waals surface area contributed by atoms with Crippen LogP contribution >= 0.6 is 0 Å². The van der Waals surface area contributed by atoms with Crippen molar-refractivity contribution in [2.45, 2.75) is 6.54 Å². The molecule has 0 unspecified atom stereocenters. The normalized spacial score (nSPS) is 10.2. The molecule has 7 heteroatoms. The molecule has 20 heavy (non-hydrogen) atoms. The van der Waals surface area contributed by atoms with Crippen LogP contribution in [0.3, 0.4) is 0 Å². The van der Waals surface area contributed by atoms with E-state index in [1.807, 2.05) is 0 Å². The van der Waals surface area contributed by atoms with Gasteiger partial charge in [-0.25, -0.2) is 0 Å². The predicted molar refractivity (Wildman–Crippen MR) is 71.3 cm³/mol. The molecule has 0 aliphatic heterocycles. The minimum Gasteiger partial charge on any atom is -0.508 e. The van der Waals surface area contributed by atoms with Crippen LogP contribution in [-0.2, 0) is 13.6 Å². The number of amides is 1. The first-order valence-corrected chi connectivity index (χ1v) is 5.84. The summed E-state index contributed by atoms with van der Waals surface area (Å²) in [4.78, 5) is 22.0. The van der Waals surface area contributed by atoms with E-state index in [2.05, 4.69) is 5.32 Å². The Labute approximate surface area is 114 Å². The number of hydrogen-bond donors (Lipinski definition) is 2. The highest BCUT2D eigenvalue weighted by Crippen LogP contribution is 2.15. The van der Waals surface area contributed by atoms with Gasteiger partial charge in [0.2, 0.25) is 0 Å². The zero-order chi connectivity index (χ0) is 14.7. The second kappa shape index (κ2) is 5.43. The van der Waals surface area contributed by atoms with Crippen LogP contribution in [-0.4, -0.2) is 20.5 Å². The van der Waals surface area contributed by atoms with Crippen molar-refractivity contribution in [3.63, 3.8) is 0 Å². The second-order valence-electron chi connectivity index (χ2n) is 4.30. The summed E-state index contributed by atoms with van der Waals surface area (Å²) in [5.74, 6) is -0.244. The average molecular weight is 275 g/mol. The summed E-state index contributed by atoms with van der Waals surface area (Å²) in [5.41, 5.74) is 0.914. The average Bonchev–Trinajstić information content (AvgIpc) is 2.80. The number of aryl methyl sites for hydroxylation is 1. The summed E-state index contributed by atoms with van der Waals surface area (Å²) in [6.07, 6.45) is 1.29. The molecule has 0 saturated carbocycles. The van der Waals surface area contributed by atoms with Gasteiger partial charge in [-0.1, -0.05) is 12.1 Å². The van der Waals surface area contributed by atoms with Crippen LogP contribution in [0.5, 0.6) is 5.75 Å². The number of benzene rings is 1. The lowest BCUT2D eigenvalue weighted by Gasteiger charge is -2.05. The van der Waals surface area contributed by atoms with Crippen molar-refractivity contribution >= 4 is 11.6 Å². The van der Waals surface area contributed by atoms with Gasteiger partial charge in [-0.3, -0.25) is 14.9 Å². The van der Waals surface area contributed by atoms with Gasteiger partial charge in [0.25, 0.3) is 11.6 Å². The Bertz CT molecular complexity index is 646. The third-order valence-corrected chi connectivity index (χ3v) is 2.82. The predicted octanol–water partition coefficient (Wildman–Crippen LogP) is 1.57. The van der Waals surface area contributed by atoms with Crippen LogP contribution in [0, 0.1) is 10.1 Å². The molecule has 1 aromatic heterocycles. The molecule has 1 aromatic carbocycles. The minimum absolute atomic E-state index is 0.123. The van der Waals surface area contributed by atoms with Gasteiger partial charge in [-0.2, -0.15) is 0 Å². The highest BCUT2D eigenvalue weighted by atomic mass is 16.6. The molecular weight excluding hydrogens is 262 g/mol. The van der Waals surface area contributed by atoms with Crippen LogP contribution in [0.1, 0.15) is 16.1 Å². The topological polar surface area (TPSA) is 97.4 Å². The van der Waals surface area contributed by atoms with Gasteiger partial charge in [0.15, 0.2) is 0 Å². The molecule has 0 aliphatic carbocycles. The van der Waals surface area contributed by atoms with Crippen molar-refractivity contribution < 1.29 is 14.8 Å². The van der Waals surface area contributed by atoms with Gasteiger partial charge < -0.3 is 15.0 Å². The quantitative estimate of drug-likeness (QED) is 0.653. The number of nitro groups is 1. The Morgan fingerprint density at radius 3 is 2.60 bits per heavy atom. The van der Waals surface area contributed by atoms with Crippen molar-refractivity contribution in [2.24, 2.45) is 7.05 Å². The number of rotatable bonds is 4. The van der Waals surface area contributed by atoms with Crippen molar-refractivity contribution in [2.75, 3.05) is 0 Å². The van der Waals surface area contributed by atoms with Gasteiger partial charge >= 0.3 is 0 Å². The molecule has 0 spiro atoms. The smallest absolute Gasteiger partial charge is 0.287 e. The van der Waals surface area contributed by atoms with Crippen molar-refractivity contribution in [1.29, 1.82) is 0 Å². The molecule has 0 saturated heterocycles. The number of phenolic OH excluding ortho intramolecular Hbond substituents is 1. The third kappa shape index (κ3) is 2.94.